The van der Waals surface area contributed by atoms with E-state index in [1.165, 1.54) is 5.56 Å². The van der Waals surface area contributed by atoms with Crippen molar-refractivity contribution in [3.8, 4) is 0 Å². The van der Waals surface area contributed by atoms with E-state index in [0.717, 1.165) is 33.8 Å². The number of nitrogens with one attached hydrogen (secondary N) is 1. The van der Waals surface area contributed by atoms with Gasteiger partial charge in [-0.25, -0.2) is 9.78 Å². The zero-order valence-electron chi connectivity index (χ0n) is 13.6. The number of aromatic amines is 1. The fourth-order valence-corrected chi connectivity index (χ4v) is 2.89. The van der Waals surface area contributed by atoms with E-state index in [-0.39, 0.29) is 0 Å². The summed E-state index contributed by atoms with van der Waals surface area (Å²) in [5, 5.41) is 2.06. The van der Waals surface area contributed by atoms with Gasteiger partial charge >= 0.3 is 5.97 Å². The highest BCUT2D eigenvalue weighted by atomic mass is 16.5. The summed E-state index contributed by atoms with van der Waals surface area (Å²) in [6.07, 6.45) is 2.64. The van der Waals surface area contributed by atoms with Gasteiger partial charge in [0.15, 0.2) is 5.69 Å². The lowest BCUT2D eigenvalue weighted by molar-refractivity contribution is 0.0514. The summed E-state index contributed by atoms with van der Waals surface area (Å²) in [5.41, 5.74) is 4.26. The summed E-state index contributed by atoms with van der Waals surface area (Å²) in [5.74, 6) is -0.414. The van der Waals surface area contributed by atoms with Crippen LogP contribution in [0.1, 0.15) is 35.5 Å². The number of rotatable bonds is 5. The maximum atomic E-state index is 12.2. The van der Waals surface area contributed by atoms with Crippen LogP contribution >= 0.6 is 0 Å². The van der Waals surface area contributed by atoms with Crippen molar-refractivity contribution >= 4 is 27.8 Å². The minimum atomic E-state index is -0.414. The number of nitrogens with zero attached hydrogens (tertiary/aromatic N) is 1. The molecule has 3 rings (SSSR count). The fourth-order valence-electron chi connectivity index (χ4n) is 2.89. The number of pyridine rings is 1. The molecule has 2 aromatic heterocycles. The Morgan fingerprint density at radius 3 is 2.78 bits per heavy atom. The van der Waals surface area contributed by atoms with Gasteiger partial charge in [-0.3, -0.25) is 0 Å². The van der Waals surface area contributed by atoms with Gasteiger partial charge in [0.1, 0.15) is 0 Å². The Labute approximate surface area is 134 Å². The minimum Gasteiger partial charge on any atom is -0.461 e. The first-order valence-corrected chi connectivity index (χ1v) is 7.77. The molecule has 23 heavy (non-hydrogen) atoms. The average Bonchev–Trinajstić information content (AvgIpc) is 2.93. The van der Waals surface area contributed by atoms with Gasteiger partial charge in [0.25, 0.3) is 0 Å². The second kappa shape index (κ2) is 6.38. The number of carbonyl (C=O) groups is 1. The fraction of sp³-hybridized carbons (Fsp3) is 0.333. The Balaban J connectivity index is 2.32. The van der Waals surface area contributed by atoms with Gasteiger partial charge in [-0.05, 0) is 31.0 Å². The lowest BCUT2D eigenvalue weighted by Crippen LogP contribution is -2.11. The van der Waals surface area contributed by atoms with Gasteiger partial charge in [0, 0.05) is 29.0 Å². The number of ether oxygens (including phenoxy) is 2. The van der Waals surface area contributed by atoms with Gasteiger partial charge in [-0.2, -0.15) is 0 Å². The Hall–Kier alpha value is -2.40. The lowest BCUT2D eigenvalue weighted by Gasteiger charge is -2.09. The average molecular weight is 312 g/mol. The molecular weight excluding hydrogens is 292 g/mol. The summed E-state index contributed by atoms with van der Waals surface area (Å²) in [7, 11) is 1.61. The minimum absolute atomic E-state index is 0.307. The van der Waals surface area contributed by atoms with Crippen molar-refractivity contribution in [3.63, 3.8) is 0 Å². The number of fused-ring (bicyclic) bond motifs is 3. The molecule has 0 bridgehead atoms. The van der Waals surface area contributed by atoms with E-state index in [1.807, 2.05) is 0 Å². The maximum Gasteiger partial charge on any atom is 0.357 e. The highest BCUT2D eigenvalue weighted by Gasteiger charge is 2.20. The molecule has 5 nitrogen and oxygen atoms in total. The van der Waals surface area contributed by atoms with Crippen LogP contribution in [-0.2, 0) is 22.5 Å². The van der Waals surface area contributed by atoms with Crippen molar-refractivity contribution < 1.29 is 14.3 Å². The number of hydrogen-bond acceptors (Lipinski definition) is 4. The van der Waals surface area contributed by atoms with Gasteiger partial charge in [-0.1, -0.05) is 13.0 Å². The van der Waals surface area contributed by atoms with Gasteiger partial charge in [0.2, 0.25) is 0 Å². The summed E-state index contributed by atoms with van der Waals surface area (Å²) < 4.78 is 10.4. The second-order valence-electron chi connectivity index (χ2n) is 5.39. The zero-order valence-corrected chi connectivity index (χ0v) is 13.6. The molecule has 1 aromatic carbocycles. The quantitative estimate of drug-likeness (QED) is 0.731. The molecule has 0 spiro atoms. The number of hydrogen-bond donors (Lipinski definition) is 1. The molecule has 120 valence electrons. The monoisotopic (exact) mass is 312 g/mol. The number of carbonyl (C=O) groups excluding carboxylic acids is 1. The number of esters is 1. The summed E-state index contributed by atoms with van der Waals surface area (Å²) in [6, 6.07) is 6.32. The van der Waals surface area contributed by atoms with Crippen molar-refractivity contribution in [1.82, 2.24) is 9.97 Å². The standard InChI is InChI=1S/C18H20N2O3/c1-4-11-6-7-14-12(8-11)16-13(10-22-3)17(18(21)23-5-2)19-9-15(16)20-14/h6-9,20H,4-5,10H2,1-3H3. The highest BCUT2D eigenvalue weighted by Crippen LogP contribution is 2.31. The summed E-state index contributed by atoms with van der Waals surface area (Å²) >= 11 is 0. The van der Waals surface area contributed by atoms with Crippen LogP contribution in [0.15, 0.2) is 24.4 Å². The first-order valence-electron chi connectivity index (χ1n) is 7.77. The zero-order chi connectivity index (χ0) is 16.4. The number of aromatic nitrogens is 2. The van der Waals surface area contributed by atoms with Crippen LogP contribution in [0.5, 0.6) is 0 Å². The van der Waals surface area contributed by atoms with Crippen LogP contribution in [0.25, 0.3) is 21.8 Å². The topological polar surface area (TPSA) is 64.2 Å². The molecule has 0 saturated carbocycles. The first kappa shape index (κ1) is 15.5. The summed E-state index contributed by atoms with van der Waals surface area (Å²) in [6.45, 7) is 4.53. The first-order chi connectivity index (χ1) is 11.2. The normalized spacial score (nSPS) is 11.3. The SMILES string of the molecule is CCOC(=O)c1ncc2[nH]c3ccc(CC)cc3c2c1COC. The largest absolute Gasteiger partial charge is 0.461 e. The molecular formula is C18H20N2O3. The summed E-state index contributed by atoms with van der Waals surface area (Å²) in [4.78, 5) is 19.9. The van der Waals surface area contributed by atoms with Crippen LogP contribution in [0.4, 0.5) is 0 Å². The van der Waals surface area contributed by atoms with Crippen LogP contribution in [-0.4, -0.2) is 29.7 Å². The molecule has 0 saturated heterocycles. The van der Waals surface area contributed by atoms with Crippen molar-refractivity contribution in [1.29, 1.82) is 0 Å². The van der Waals surface area contributed by atoms with Crippen molar-refractivity contribution in [2.24, 2.45) is 0 Å². The molecule has 5 heteroatoms. The van der Waals surface area contributed by atoms with E-state index >= 15 is 0 Å². The molecule has 0 aliphatic carbocycles. The number of H-pyrrole nitrogens is 1. The van der Waals surface area contributed by atoms with Crippen molar-refractivity contribution in [3.05, 3.63) is 41.2 Å². The Morgan fingerprint density at radius 1 is 1.26 bits per heavy atom. The Bertz CT molecular complexity index is 867. The Morgan fingerprint density at radius 2 is 2.09 bits per heavy atom. The third-order valence-electron chi connectivity index (χ3n) is 3.97. The molecule has 0 radical (unpaired) electrons. The van der Waals surface area contributed by atoms with E-state index in [2.05, 4.69) is 35.1 Å². The van der Waals surface area contributed by atoms with Crippen LogP contribution in [0, 0.1) is 0 Å². The van der Waals surface area contributed by atoms with E-state index in [0.29, 0.717) is 18.9 Å². The van der Waals surface area contributed by atoms with E-state index in [9.17, 15) is 4.79 Å². The molecule has 3 aromatic rings. The van der Waals surface area contributed by atoms with E-state index < -0.39 is 5.97 Å². The number of methoxy groups -OCH3 is 1. The molecule has 0 atom stereocenters. The predicted octanol–water partition coefficient (Wildman–Crippen LogP) is 3.60. The number of aryl methyl sites for hydroxylation is 1. The predicted molar refractivity (Wildman–Crippen MR) is 89.6 cm³/mol. The molecule has 0 unspecified atom stereocenters. The van der Waals surface area contributed by atoms with Crippen molar-refractivity contribution in [2.75, 3.05) is 13.7 Å². The third kappa shape index (κ3) is 2.68. The molecule has 0 aliphatic heterocycles. The Kier molecular flexibility index (Phi) is 4.30. The van der Waals surface area contributed by atoms with Crippen LogP contribution < -0.4 is 0 Å². The van der Waals surface area contributed by atoms with Gasteiger partial charge in [0.05, 0.1) is 24.9 Å². The maximum absolute atomic E-state index is 12.2. The number of benzene rings is 1. The van der Waals surface area contributed by atoms with E-state index in [1.54, 1.807) is 20.2 Å². The molecule has 0 aliphatic rings. The van der Waals surface area contributed by atoms with Crippen LogP contribution in [0.3, 0.4) is 0 Å². The van der Waals surface area contributed by atoms with Gasteiger partial charge in [-0.15, -0.1) is 0 Å². The smallest absolute Gasteiger partial charge is 0.357 e. The third-order valence-corrected chi connectivity index (χ3v) is 3.97. The lowest BCUT2D eigenvalue weighted by atomic mass is 10.0. The second-order valence-corrected chi connectivity index (χ2v) is 5.39. The molecule has 0 fully saturated rings. The molecule has 1 N–H and O–H groups in total. The molecule has 0 amide bonds. The van der Waals surface area contributed by atoms with E-state index in [4.69, 9.17) is 9.47 Å². The van der Waals surface area contributed by atoms with Gasteiger partial charge < -0.3 is 14.5 Å². The highest BCUT2D eigenvalue weighted by molar-refractivity contribution is 6.11. The van der Waals surface area contributed by atoms with Crippen molar-refractivity contribution in [2.45, 2.75) is 26.9 Å². The molecule has 2 heterocycles. The van der Waals surface area contributed by atoms with Crippen LogP contribution in [0.2, 0.25) is 0 Å².